The molecule has 0 saturated heterocycles. The highest BCUT2D eigenvalue weighted by Crippen LogP contribution is 2.64. The van der Waals surface area contributed by atoms with Crippen LogP contribution in [0.25, 0.3) is 44.5 Å². The molecule has 0 amide bonds. The van der Waals surface area contributed by atoms with Crippen LogP contribution < -0.4 is 18.3 Å². The Morgan fingerprint density at radius 3 is 0.646 bits per heavy atom. The number of anilines is 8. The molecule has 0 N–H and O–H groups in total. The average molecular weight is 853 g/mol. The molecule has 65 heavy (non-hydrogen) atoms. The molecule has 8 nitrogen and oxygen atoms in total. The van der Waals surface area contributed by atoms with Gasteiger partial charge < -0.3 is 18.3 Å². The molecular weight excluding hydrogens is 813 g/mol. The highest BCUT2D eigenvalue weighted by Gasteiger charge is 2.70. The van der Waals surface area contributed by atoms with Crippen molar-refractivity contribution in [1.82, 2.24) is 19.9 Å². The first-order chi connectivity index (χ1) is 32.3. The van der Waals surface area contributed by atoms with Crippen molar-refractivity contribution in [3.63, 3.8) is 0 Å². The van der Waals surface area contributed by atoms with Crippen LogP contribution in [0.4, 0.5) is 45.5 Å². The van der Waals surface area contributed by atoms with Gasteiger partial charge in [-0.2, -0.15) is 0 Å². The first-order valence-electron chi connectivity index (χ1n) is 21.7. The van der Waals surface area contributed by atoms with E-state index < -0.39 is 8.72 Å². The van der Waals surface area contributed by atoms with Crippen LogP contribution in [-0.4, -0.2) is 28.7 Å². The normalized spacial score (nSPS) is 13.5. The van der Waals surface area contributed by atoms with Crippen molar-refractivity contribution in [1.29, 1.82) is 0 Å². The lowest BCUT2D eigenvalue weighted by Gasteiger charge is -2.49. The Kier molecular flexibility index (Phi) is 9.31. The Morgan fingerprint density at radius 1 is 0.246 bits per heavy atom. The molecule has 12 rings (SSSR count). The van der Waals surface area contributed by atoms with E-state index in [9.17, 15) is 0 Å². The molecule has 4 aromatic heterocycles. The smallest absolute Gasteiger partial charge is 0.313 e. The van der Waals surface area contributed by atoms with Gasteiger partial charge in [-0.1, -0.05) is 121 Å². The molecule has 0 unspecified atom stereocenters. The summed E-state index contributed by atoms with van der Waals surface area (Å²) < 4.78 is 10.5. The van der Waals surface area contributed by atoms with Gasteiger partial charge in [0, 0.05) is 72.3 Å². The van der Waals surface area contributed by atoms with Gasteiger partial charge in [0.15, 0.2) is 0 Å². The second-order valence-corrected chi connectivity index (χ2v) is 19.0. The summed E-state index contributed by atoms with van der Waals surface area (Å²) in [6, 6.07) is 69.8. The van der Waals surface area contributed by atoms with Crippen molar-refractivity contribution in [2.45, 2.75) is 0 Å². The molecule has 308 valence electrons. The molecule has 0 atom stereocenters. The molecule has 0 radical (unpaired) electrons. The van der Waals surface area contributed by atoms with Gasteiger partial charge in [-0.05, 0) is 117 Å². The maximum Gasteiger partial charge on any atom is 0.521 e. The Bertz CT molecular complexity index is 2810. The summed E-state index contributed by atoms with van der Waals surface area (Å²) in [6.45, 7) is 0. The van der Waals surface area contributed by atoms with Crippen molar-refractivity contribution in [3.8, 4) is 44.5 Å². The molecule has 0 fully saturated rings. The van der Waals surface area contributed by atoms with Gasteiger partial charge in [-0.25, -0.2) is 0 Å². The summed E-state index contributed by atoms with van der Waals surface area (Å²) in [4.78, 5) is 18.4. The SMILES string of the molecule is c1ccc(-c2cc3c(cc2-c2ccccc2)N(c2ccncc2)[Si]2(N3c3ccncc3)N(c3ccncc3)c3cc(-c4ccccc4)c(-c4ccccc4)cc3N2c2ccncc2)cc1. The van der Waals surface area contributed by atoms with Crippen LogP contribution in [0.3, 0.4) is 0 Å². The van der Waals surface area contributed by atoms with Crippen molar-refractivity contribution in [2.24, 2.45) is 0 Å². The van der Waals surface area contributed by atoms with Gasteiger partial charge in [0.25, 0.3) is 0 Å². The van der Waals surface area contributed by atoms with E-state index in [-0.39, 0.29) is 0 Å². The Hall–Kier alpha value is -8.66. The second-order valence-electron chi connectivity index (χ2n) is 16.0. The zero-order chi connectivity index (χ0) is 43.2. The second kappa shape index (κ2) is 15.9. The van der Waals surface area contributed by atoms with Gasteiger partial charge in [0.1, 0.15) is 0 Å². The molecule has 1 spiro atoms. The van der Waals surface area contributed by atoms with Crippen LogP contribution in [0.1, 0.15) is 0 Å². The number of aromatic nitrogens is 4. The van der Waals surface area contributed by atoms with Crippen LogP contribution >= 0.6 is 0 Å². The third-order valence-electron chi connectivity index (χ3n) is 12.4. The maximum absolute atomic E-state index is 4.59. The molecule has 0 saturated carbocycles. The summed E-state index contributed by atoms with van der Waals surface area (Å²) in [5, 5.41) is 0. The topological polar surface area (TPSA) is 64.5 Å². The van der Waals surface area contributed by atoms with Gasteiger partial charge in [0.2, 0.25) is 0 Å². The van der Waals surface area contributed by atoms with E-state index in [1.165, 1.54) is 0 Å². The van der Waals surface area contributed by atoms with Gasteiger partial charge in [0.05, 0.1) is 22.7 Å². The van der Waals surface area contributed by atoms with E-state index in [1.54, 1.807) is 0 Å². The van der Waals surface area contributed by atoms with Crippen LogP contribution in [-0.2, 0) is 0 Å². The largest absolute Gasteiger partial charge is 0.521 e. The highest BCUT2D eigenvalue weighted by atomic mass is 28.4. The molecule has 2 aliphatic rings. The number of hydrogen-bond acceptors (Lipinski definition) is 8. The van der Waals surface area contributed by atoms with E-state index in [4.69, 9.17) is 0 Å². The Labute approximate surface area is 379 Å². The average Bonchev–Trinajstić information content (AvgIpc) is 3.84. The summed E-state index contributed by atoms with van der Waals surface area (Å²) in [6.07, 6.45) is 15.2. The fourth-order valence-corrected chi connectivity index (χ4v) is 15.0. The zero-order valence-corrected chi connectivity index (χ0v) is 36.2. The molecule has 0 aliphatic carbocycles. The molecule has 0 bridgehead atoms. The first-order valence-corrected chi connectivity index (χ1v) is 23.5. The predicted molar refractivity (Wildman–Crippen MR) is 266 cm³/mol. The summed E-state index contributed by atoms with van der Waals surface area (Å²) in [7, 11) is -3.83. The highest BCUT2D eigenvalue weighted by molar-refractivity contribution is 6.99. The van der Waals surface area contributed by atoms with Crippen molar-refractivity contribution in [2.75, 3.05) is 18.3 Å². The molecule has 9 heteroatoms. The van der Waals surface area contributed by atoms with Crippen LogP contribution in [0, 0.1) is 0 Å². The zero-order valence-electron chi connectivity index (χ0n) is 35.2. The Balaban J connectivity index is 1.28. The number of pyridine rings is 4. The van der Waals surface area contributed by atoms with Gasteiger partial charge >= 0.3 is 8.72 Å². The van der Waals surface area contributed by atoms with E-state index in [2.05, 4.69) is 232 Å². The van der Waals surface area contributed by atoms with Crippen molar-refractivity contribution in [3.05, 3.63) is 244 Å². The lowest BCUT2D eigenvalue weighted by molar-refractivity contribution is 1.16. The quantitative estimate of drug-likeness (QED) is 0.140. The van der Waals surface area contributed by atoms with Crippen molar-refractivity contribution < 1.29 is 0 Å². The summed E-state index contributed by atoms with van der Waals surface area (Å²) in [5.74, 6) is 0. The lowest BCUT2D eigenvalue weighted by Crippen LogP contribution is -2.76. The number of fused-ring (bicyclic) bond motifs is 2. The fraction of sp³-hybridized carbons (Fsp3) is 0. The maximum atomic E-state index is 4.59. The first kappa shape index (κ1) is 38.0. The van der Waals surface area contributed by atoms with E-state index in [0.717, 1.165) is 90.0 Å². The van der Waals surface area contributed by atoms with Crippen molar-refractivity contribution >= 4 is 54.2 Å². The van der Waals surface area contributed by atoms with Crippen LogP contribution in [0.15, 0.2) is 244 Å². The molecule has 2 aliphatic heterocycles. The molecule has 6 heterocycles. The van der Waals surface area contributed by atoms with E-state index >= 15 is 0 Å². The van der Waals surface area contributed by atoms with Crippen LogP contribution in [0.2, 0.25) is 0 Å². The monoisotopic (exact) mass is 852 g/mol. The third-order valence-corrected chi connectivity index (χ3v) is 16.8. The minimum Gasteiger partial charge on any atom is -0.313 e. The lowest BCUT2D eigenvalue weighted by atomic mass is 9.93. The number of rotatable bonds is 8. The summed E-state index contributed by atoms with van der Waals surface area (Å²) >= 11 is 0. The summed E-state index contributed by atoms with van der Waals surface area (Å²) in [5.41, 5.74) is 17.4. The minimum absolute atomic E-state index is 1.01. The number of benzene rings is 6. The molecular formula is C56H40N8Si. The molecule has 10 aromatic rings. The van der Waals surface area contributed by atoms with Gasteiger partial charge in [-0.3, -0.25) is 19.9 Å². The number of nitrogens with zero attached hydrogens (tertiary/aromatic N) is 8. The predicted octanol–water partition coefficient (Wildman–Crippen LogP) is 13.6. The number of hydrogen-bond donors (Lipinski definition) is 0. The fourth-order valence-electron chi connectivity index (χ4n) is 9.76. The van der Waals surface area contributed by atoms with E-state index in [1.807, 2.05) is 49.6 Å². The third kappa shape index (κ3) is 6.20. The van der Waals surface area contributed by atoms with Crippen LogP contribution in [0.5, 0.6) is 0 Å². The van der Waals surface area contributed by atoms with E-state index in [0.29, 0.717) is 0 Å². The minimum atomic E-state index is -3.83. The Morgan fingerprint density at radius 2 is 0.446 bits per heavy atom. The van der Waals surface area contributed by atoms with Gasteiger partial charge in [-0.15, -0.1) is 0 Å². The standard InChI is InChI=1S/C56H40N8Si/c1-5-13-41(14-6-1)49-37-53-54(38-50(49)42-15-7-2-8-16-42)62(46-23-31-58-32-24-46)65(61(53)45-21-29-57-30-22-45)63(47-25-33-59-34-26-47)55-39-51(43-17-9-3-10-18-43)52(44-19-11-4-12-20-44)40-56(55)64(65)48-27-35-60-36-28-48/h1-40H. The molecule has 6 aromatic carbocycles.